The highest BCUT2D eigenvalue weighted by Gasteiger charge is 2.17. The Labute approximate surface area is 210 Å². The minimum atomic E-state index is -0.422. The van der Waals surface area contributed by atoms with Gasteiger partial charge in [-0.25, -0.2) is 0 Å². The molecule has 0 fully saturated rings. The summed E-state index contributed by atoms with van der Waals surface area (Å²) in [5.41, 5.74) is 2.23. The van der Waals surface area contributed by atoms with E-state index < -0.39 is 5.91 Å². The molecule has 7 nitrogen and oxygen atoms in total. The van der Waals surface area contributed by atoms with Crippen molar-refractivity contribution in [1.29, 1.82) is 0 Å². The second kappa shape index (κ2) is 13.2. The number of hydrogen-bond acceptors (Lipinski definition) is 5. The summed E-state index contributed by atoms with van der Waals surface area (Å²) in [7, 11) is 0. The molecule has 8 heteroatoms. The zero-order valence-corrected chi connectivity index (χ0v) is 20.6. The van der Waals surface area contributed by atoms with Gasteiger partial charge >= 0.3 is 0 Å². The van der Waals surface area contributed by atoms with Gasteiger partial charge in [0, 0.05) is 6.61 Å². The van der Waals surface area contributed by atoms with Crippen LogP contribution in [0, 0.1) is 0 Å². The van der Waals surface area contributed by atoms with Crippen molar-refractivity contribution in [3.05, 3.63) is 95.6 Å². The van der Waals surface area contributed by atoms with Crippen LogP contribution >= 0.6 is 12.2 Å². The molecule has 3 aromatic carbocycles. The number of benzene rings is 3. The molecule has 0 radical (unpaired) electrons. The van der Waals surface area contributed by atoms with Crippen LogP contribution in [-0.4, -0.2) is 36.7 Å². The van der Waals surface area contributed by atoms with Gasteiger partial charge in [0.1, 0.15) is 12.4 Å². The molecule has 1 unspecified atom stereocenters. The van der Waals surface area contributed by atoms with Gasteiger partial charge in [0.05, 0.1) is 29.5 Å². The fourth-order valence-electron chi connectivity index (χ4n) is 3.35. The first-order valence-corrected chi connectivity index (χ1v) is 11.8. The molecule has 0 bridgehead atoms. The van der Waals surface area contributed by atoms with Crippen LogP contribution in [-0.2, 0) is 4.74 Å². The topological polar surface area (TPSA) is 88.7 Å². The highest BCUT2D eigenvalue weighted by Crippen LogP contribution is 2.20. The van der Waals surface area contributed by atoms with Gasteiger partial charge in [-0.1, -0.05) is 54.6 Å². The number of rotatable bonds is 10. The molecule has 3 rings (SSSR count). The van der Waals surface area contributed by atoms with Gasteiger partial charge < -0.3 is 20.1 Å². The number of carbonyl (C=O) groups is 2. The van der Waals surface area contributed by atoms with Gasteiger partial charge in [0.2, 0.25) is 0 Å². The van der Waals surface area contributed by atoms with Crippen LogP contribution in [0.25, 0.3) is 0 Å². The third kappa shape index (κ3) is 7.63. The van der Waals surface area contributed by atoms with Crippen LogP contribution in [0.4, 0.5) is 5.69 Å². The van der Waals surface area contributed by atoms with Crippen molar-refractivity contribution in [3.8, 4) is 5.75 Å². The zero-order chi connectivity index (χ0) is 25.0. The smallest absolute Gasteiger partial charge is 0.261 e. The summed E-state index contributed by atoms with van der Waals surface area (Å²) in [4.78, 5) is 25.8. The average Bonchev–Trinajstić information content (AvgIpc) is 2.87. The van der Waals surface area contributed by atoms with Crippen LogP contribution in [0.2, 0.25) is 0 Å². The van der Waals surface area contributed by atoms with Crippen LogP contribution in [0.5, 0.6) is 5.75 Å². The van der Waals surface area contributed by atoms with Crippen molar-refractivity contribution in [2.75, 3.05) is 25.1 Å². The first-order valence-electron chi connectivity index (χ1n) is 11.4. The number of nitrogens with one attached hydrogen (secondary N) is 3. The summed E-state index contributed by atoms with van der Waals surface area (Å²) < 4.78 is 11.0. The van der Waals surface area contributed by atoms with E-state index in [0.29, 0.717) is 42.4 Å². The summed E-state index contributed by atoms with van der Waals surface area (Å²) in [6, 6.07) is 23.4. The summed E-state index contributed by atoms with van der Waals surface area (Å²) in [5, 5.41) is 8.68. The van der Waals surface area contributed by atoms with E-state index in [-0.39, 0.29) is 17.1 Å². The monoisotopic (exact) mass is 491 g/mol. The molecule has 1 atom stereocenters. The molecule has 0 saturated carbocycles. The van der Waals surface area contributed by atoms with E-state index in [1.807, 2.05) is 44.2 Å². The lowest BCUT2D eigenvalue weighted by molar-refractivity contribution is 0.0938. The van der Waals surface area contributed by atoms with Crippen molar-refractivity contribution in [1.82, 2.24) is 10.6 Å². The minimum absolute atomic E-state index is 0.0653. The molecule has 3 N–H and O–H groups in total. The predicted molar refractivity (Wildman–Crippen MR) is 141 cm³/mol. The standard InChI is InChI=1S/C27H29N3O4S/c1-3-33-17-18-34-24-16-10-8-14-22(24)26(32)30-27(35)29-23-15-9-7-13-21(23)25(31)28-19(2)20-11-5-4-6-12-20/h4-16,19H,3,17-18H2,1-2H3,(H,28,31)(H2,29,30,32,35). The number of amides is 2. The molecule has 0 spiro atoms. The maximum absolute atomic E-state index is 13.0. The molecule has 0 aliphatic carbocycles. The molecule has 35 heavy (non-hydrogen) atoms. The van der Waals surface area contributed by atoms with E-state index in [0.717, 1.165) is 5.56 Å². The second-order valence-corrected chi connectivity index (χ2v) is 8.01. The Kier molecular flexibility index (Phi) is 9.77. The van der Waals surface area contributed by atoms with Crippen molar-refractivity contribution in [2.24, 2.45) is 0 Å². The van der Waals surface area contributed by atoms with Gasteiger partial charge in [0.15, 0.2) is 5.11 Å². The van der Waals surface area contributed by atoms with Gasteiger partial charge in [-0.05, 0) is 55.9 Å². The van der Waals surface area contributed by atoms with E-state index in [2.05, 4.69) is 16.0 Å². The minimum Gasteiger partial charge on any atom is -0.490 e. The Balaban J connectivity index is 1.64. The predicted octanol–water partition coefficient (Wildman–Crippen LogP) is 4.72. The molecule has 3 aromatic rings. The highest BCUT2D eigenvalue weighted by atomic mass is 32.1. The number of para-hydroxylation sites is 2. The largest absolute Gasteiger partial charge is 0.490 e. The number of carbonyl (C=O) groups excluding carboxylic acids is 2. The quantitative estimate of drug-likeness (QED) is 0.281. The summed E-state index contributed by atoms with van der Waals surface area (Å²) in [5.74, 6) is -0.247. The Morgan fingerprint density at radius 3 is 2.26 bits per heavy atom. The van der Waals surface area contributed by atoms with Crippen molar-refractivity contribution in [2.45, 2.75) is 19.9 Å². The van der Waals surface area contributed by atoms with E-state index in [4.69, 9.17) is 21.7 Å². The Bertz CT molecular complexity index is 1150. The Hall–Kier alpha value is -3.75. The second-order valence-electron chi connectivity index (χ2n) is 7.60. The lowest BCUT2D eigenvalue weighted by Gasteiger charge is -2.17. The van der Waals surface area contributed by atoms with Crippen molar-refractivity contribution >= 4 is 34.8 Å². The molecular formula is C27H29N3O4S. The number of anilines is 1. The number of hydrogen-bond donors (Lipinski definition) is 3. The zero-order valence-electron chi connectivity index (χ0n) is 19.7. The highest BCUT2D eigenvalue weighted by molar-refractivity contribution is 7.80. The van der Waals surface area contributed by atoms with Crippen LogP contribution in [0.1, 0.15) is 46.2 Å². The summed E-state index contributed by atoms with van der Waals surface area (Å²) in [6.45, 7) is 5.16. The van der Waals surface area contributed by atoms with Crippen molar-refractivity contribution < 1.29 is 19.1 Å². The van der Waals surface area contributed by atoms with E-state index >= 15 is 0 Å². The van der Waals surface area contributed by atoms with Crippen molar-refractivity contribution in [3.63, 3.8) is 0 Å². The number of thiocarbonyl (C=S) groups is 1. The normalized spacial score (nSPS) is 11.3. The number of ether oxygens (including phenoxy) is 2. The third-order valence-electron chi connectivity index (χ3n) is 5.12. The lowest BCUT2D eigenvalue weighted by Crippen LogP contribution is -2.35. The lowest BCUT2D eigenvalue weighted by atomic mass is 10.1. The first-order chi connectivity index (χ1) is 17.0. The van der Waals surface area contributed by atoms with Gasteiger partial charge in [0.25, 0.3) is 11.8 Å². The van der Waals surface area contributed by atoms with Crippen LogP contribution in [0.15, 0.2) is 78.9 Å². The van der Waals surface area contributed by atoms with Crippen LogP contribution in [0.3, 0.4) is 0 Å². The van der Waals surface area contributed by atoms with E-state index in [1.54, 1.807) is 48.5 Å². The molecule has 0 aliphatic heterocycles. The molecule has 0 saturated heterocycles. The molecule has 0 heterocycles. The van der Waals surface area contributed by atoms with E-state index in [9.17, 15) is 9.59 Å². The third-order valence-corrected chi connectivity index (χ3v) is 5.32. The Morgan fingerprint density at radius 2 is 1.51 bits per heavy atom. The van der Waals surface area contributed by atoms with Gasteiger partial charge in [-0.15, -0.1) is 0 Å². The summed E-state index contributed by atoms with van der Waals surface area (Å²) >= 11 is 5.35. The fraction of sp³-hybridized carbons (Fsp3) is 0.222. The van der Waals surface area contributed by atoms with Gasteiger partial charge in [-0.3, -0.25) is 14.9 Å². The summed E-state index contributed by atoms with van der Waals surface area (Å²) in [6.07, 6.45) is 0. The Morgan fingerprint density at radius 1 is 0.857 bits per heavy atom. The van der Waals surface area contributed by atoms with Gasteiger partial charge in [-0.2, -0.15) is 0 Å². The molecule has 2 amide bonds. The first kappa shape index (κ1) is 25.9. The maximum atomic E-state index is 13.0. The molecule has 0 aromatic heterocycles. The molecular weight excluding hydrogens is 462 g/mol. The average molecular weight is 492 g/mol. The molecule has 0 aliphatic rings. The SMILES string of the molecule is CCOCCOc1ccccc1C(=O)NC(=S)Nc1ccccc1C(=O)NC(C)c1ccccc1. The van der Waals surface area contributed by atoms with Crippen LogP contribution < -0.4 is 20.7 Å². The maximum Gasteiger partial charge on any atom is 0.261 e. The molecule has 182 valence electrons. The fourth-order valence-corrected chi connectivity index (χ4v) is 3.55. The van der Waals surface area contributed by atoms with E-state index in [1.165, 1.54) is 0 Å².